The fourth-order valence-electron chi connectivity index (χ4n) is 1.49. The molecule has 0 spiro atoms. The highest BCUT2D eigenvalue weighted by Crippen LogP contribution is 2.25. The molecule has 0 amide bonds. The normalized spacial score (nSPS) is 10.7. The van der Waals surface area contributed by atoms with Crippen molar-refractivity contribution in [3.05, 3.63) is 41.7 Å². The van der Waals surface area contributed by atoms with E-state index in [9.17, 15) is 8.78 Å². The van der Waals surface area contributed by atoms with Gasteiger partial charge in [-0.15, -0.1) is 0 Å². The first kappa shape index (κ1) is 9.83. The monoisotopic (exact) mass is 208 g/mol. The third kappa shape index (κ3) is 1.75. The van der Waals surface area contributed by atoms with E-state index in [2.05, 4.69) is 5.10 Å². The van der Waals surface area contributed by atoms with E-state index in [1.807, 2.05) is 0 Å². The Bertz CT molecular complexity index is 503. The lowest BCUT2D eigenvalue weighted by Crippen LogP contribution is -1.90. The number of aryl methyl sites for hydroxylation is 2. The summed E-state index contributed by atoms with van der Waals surface area (Å²) in [5.41, 5.74) is 1.52. The molecule has 0 aliphatic carbocycles. The second kappa shape index (κ2) is 3.46. The van der Waals surface area contributed by atoms with Crippen LogP contribution in [0.4, 0.5) is 8.78 Å². The summed E-state index contributed by atoms with van der Waals surface area (Å²) in [6, 6.07) is 2.78. The van der Waals surface area contributed by atoms with Gasteiger partial charge >= 0.3 is 0 Å². The summed E-state index contributed by atoms with van der Waals surface area (Å²) >= 11 is 0. The van der Waals surface area contributed by atoms with Crippen LogP contribution in [0.15, 0.2) is 24.5 Å². The van der Waals surface area contributed by atoms with Crippen molar-refractivity contribution >= 4 is 0 Å². The molecule has 15 heavy (non-hydrogen) atoms. The maximum atomic E-state index is 13.5. The molecule has 0 aliphatic heterocycles. The second-order valence-electron chi connectivity index (χ2n) is 3.51. The van der Waals surface area contributed by atoms with E-state index < -0.39 is 11.6 Å². The molecule has 0 saturated carbocycles. The van der Waals surface area contributed by atoms with Gasteiger partial charge in [0.05, 0.1) is 6.20 Å². The van der Waals surface area contributed by atoms with Crippen molar-refractivity contribution in [3.8, 4) is 11.1 Å². The molecular weight excluding hydrogens is 198 g/mol. The quantitative estimate of drug-likeness (QED) is 0.704. The van der Waals surface area contributed by atoms with Gasteiger partial charge < -0.3 is 0 Å². The van der Waals surface area contributed by atoms with E-state index in [0.29, 0.717) is 11.1 Å². The van der Waals surface area contributed by atoms with Crippen molar-refractivity contribution < 1.29 is 8.78 Å². The topological polar surface area (TPSA) is 17.8 Å². The van der Waals surface area contributed by atoms with E-state index in [1.54, 1.807) is 30.9 Å². The Morgan fingerprint density at radius 1 is 1.27 bits per heavy atom. The molecule has 0 N–H and O–H groups in total. The summed E-state index contributed by atoms with van der Waals surface area (Å²) in [5, 5.41) is 3.92. The SMILES string of the molecule is Cc1cc(F)c(F)c(-c2cnn(C)c2)c1. The van der Waals surface area contributed by atoms with Crippen LogP contribution < -0.4 is 0 Å². The number of hydrogen-bond donors (Lipinski definition) is 0. The third-order valence-corrected chi connectivity index (χ3v) is 2.19. The van der Waals surface area contributed by atoms with Crippen LogP contribution in [-0.4, -0.2) is 9.78 Å². The Morgan fingerprint density at radius 3 is 2.60 bits per heavy atom. The average molecular weight is 208 g/mol. The summed E-state index contributed by atoms with van der Waals surface area (Å²) in [5.74, 6) is -1.65. The number of benzene rings is 1. The first-order valence-corrected chi connectivity index (χ1v) is 4.52. The van der Waals surface area contributed by atoms with Crippen LogP contribution in [0.3, 0.4) is 0 Å². The molecule has 2 aromatic rings. The molecule has 0 bridgehead atoms. The highest BCUT2D eigenvalue weighted by Gasteiger charge is 2.12. The standard InChI is InChI=1S/C11H10F2N2/c1-7-3-9(11(13)10(12)4-7)8-5-14-15(2)6-8/h3-6H,1-2H3. The largest absolute Gasteiger partial charge is 0.275 e. The second-order valence-corrected chi connectivity index (χ2v) is 3.51. The average Bonchev–Trinajstić information content (AvgIpc) is 2.58. The van der Waals surface area contributed by atoms with Gasteiger partial charge in [-0.25, -0.2) is 8.78 Å². The maximum Gasteiger partial charge on any atom is 0.166 e. The maximum absolute atomic E-state index is 13.5. The molecule has 0 saturated heterocycles. The Labute approximate surface area is 86.2 Å². The van der Waals surface area contributed by atoms with Gasteiger partial charge in [0.1, 0.15) is 0 Å². The lowest BCUT2D eigenvalue weighted by Gasteiger charge is -2.02. The van der Waals surface area contributed by atoms with Gasteiger partial charge in [-0.2, -0.15) is 5.10 Å². The lowest BCUT2D eigenvalue weighted by atomic mass is 10.1. The van der Waals surface area contributed by atoms with Gasteiger partial charge in [-0.1, -0.05) is 0 Å². The number of rotatable bonds is 1. The van der Waals surface area contributed by atoms with Gasteiger partial charge in [0.25, 0.3) is 0 Å². The molecule has 2 nitrogen and oxygen atoms in total. The Balaban J connectivity index is 2.62. The predicted molar refractivity (Wildman–Crippen MR) is 53.3 cm³/mol. The Kier molecular flexibility index (Phi) is 2.26. The molecule has 0 aliphatic rings. The first-order chi connectivity index (χ1) is 7.08. The molecule has 1 aromatic carbocycles. The van der Waals surface area contributed by atoms with Gasteiger partial charge in [-0.05, 0) is 24.6 Å². The minimum Gasteiger partial charge on any atom is -0.275 e. The zero-order valence-corrected chi connectivity index (χ0v) is 8.46. The van der Waals surface area contributed by atoms with Crippen LogP contribution in [0.25, 0.3) is 11.1 Å². The summed E-state index contributed by atoms with van der Waals surface area (Å²) in [6.07, 6.45) is 3.16. The van der Waals surface area contributed by atoms with E-state index in [1.165, 1.54) is 12.3 Å². The molecule has 0 atom stereocenters. The number of nitrogens with zero attached hydrogens (tertiary/aromatic N) is 2. The Hall–Kier alpha value is -1.71. The van der Waals surface area contributed by atoms with Crippen LogP contribution >= 0.6 is 0 Å². The fraction of sp³-hybridized carbons (Fsp3) is 0.182. The highest BCUT2D eigenvalue weighted by molar-refractivity contribution is 5.63. The summed E-state index contributed by atoms with van der Waals surface area (Å²) in [4.78, 5) is 0. The van der Waals surface area contributed by atoms with E-state index in [4.69, 9.17) is 0 Å². The molecule has 1 heterocycles. The van der Waals surface area contributed by atoms with Gasteiger partial charge in [0.15, 0.2) is 11.6 Å². The van der Waals surface area contributed by atoms with Crippen LogP contribution in [0, 0.1) is 18.6 Å². The van der Waals surface area contributed by atoms with Crippen molar-refractivity contribution in [3.63, 3.8) is 0 Å². The molecular formula is C11H10F2N2. The molecule has 1 aromatic heterocycles. The molecule has 4 heteroatoms. The number of aromatic nitrogens is 2. The fourth-order valence-corrected chi connectivity index (χ4v) is 1.49. The molecule has 2 rings (SSSR count). The van der Waals surface area contributed by atoms with Crippen molar-refractivity contribution in [1.82, 2.24) is 9.78 Å². The first-order valence-electron chi connectivity index (χ1n) is 4.52. The molecule has 0 fully saturated rings. The van der Waals surface area contributed by atoms with E-state index in [-0.39, 0.29) is 5.56 Å². The summed E-state index contributed by atoms with van der Waals surface area (Å²) < 4.78 is 28.1. The molecule has 78 valence electrons. The molecule has 0 unspecified atom stereocenters. The minimum absolute atomic E-state index is 0.251. The van der Waals surface area contributed by atoms with Crippen LogP contribution in [0.1, 0.15) is 5.56 Å². The van der Waals surface area contributed by atoms with Gasteiger partial charge in [-0.3, -0.25) is 4.68 Å². The van der Waals surface area contributed by atoms with Gasteiger partial charge in [0.2, 0.25) is 0 Å². The molecule has 0 radical (unpaired) electrons. The van der Waals surface area contributed by atoms with Crippen molar-refractivity contribution in [2.45, 2.75) is 6.92 Å². The van der Waals surface area contributed by atoms with Crippen molar-refractivity contribution in [1.29, 1.82) is 0 Å². The van der Waals surface area contributed by atoms with Crippen molar-refractivity contribution in [2.75, 3.05) is 0 Å². The predicted octanol–water partition coefficient (Wildman–Crippen LogP) is 2.67. The van der Waals surface area contributed by atoms with Gasteiger partial charge in [0, 0.05) is 24.4 Å². The summed E-state index contributed by atoms with van der Waals surface area (Å²) in [7, 11) is 1.73. The minimum atomic E-state index is -0.825. The van der Waals surface area contributed by atoms with E-state index >= 15 is 0 Å². The Morgan fingerprint density at radius 2 is 2.00 bits per heavy atom. The van der Waals surface area contributed by atoms with Crippen molar-refractivity contribution in [2.24, 2.45) is 7.05 Å². The van der Waals surface area contributed by atoms with E-state index in [0.717, 1.165) is 0 Å². The van der Waals surface area contributed by atoms with Crippen LogP contribution in [0.2, 0.25) is 0 Å². The zero-order chi connectivity index (χ0) is 11.0. The number of halogens is 2. The smallest absolute Gasteiger partial charge is 0.166 e. The summed E-state index contributed by atoms with van der Waals surface area (Å²) in [6.45, 7) is 1.72. The van der Waals surface area contributed by atoms with Crippen LogP contribution in [-0.2, 0) is 7.05 Å². The number of hydrogen-bond acceptors (Lipinski definition) is 1. The highest BCUT2D eigenvalue weighted by atomic mass is 19.2. The third-order valence-electron chi connectivity index (χ3n) is 2.19. The van der Waals surface area contributed by atoms with Crippen LogP contribution in [0.5, 0.6) is 0 Å². The zero-order valence-electron chi connectivity index (χ0n) is 8.46. The lowest BCUT2D eigenvalue weighted by molar-refractivity contribution is 0.510.